The number of carbonyl (C=O) groups excluding carboxylic acids is 1. The molecule has 0 radical (unpaired) electrons. The van der Waals surface area contributed by atoms with Crippen molar-refractivity contribution in [3.8, 4) is 5.75 Å². The van der Waals surface area contributed by atoms with E-state index < -0.39 is 0 Å². The Morgan fingerprint density at radius 3 is 2.00 bits per heavy atom. The summed E-state index contributed by atoms with van der Waals surface area (Å²) >= 11 is 5.96. The predicted octanol–water partition coefficient (Wildman–Crippen LogP) is 5.47. The number of Topliss-reactive ketones (excluding diaryl/α,β-unsaturated/α-hetero) is 1. The van der Waals surface area contributed by atoms with Crippen molar-refractivity contribution in [2.45, 2.75) is 0 Å². The van der Waals surface area contributed by atoms with Crippen LogP contribution in [0.3, 0.4) is 0 Å². The quantitative estimate of drug-likeness (QED) is 0.390. The number of carbonyl (C=O) groups is 1. The van der Waals surface area contributed by atoms with E-state index >= 15 is 0 Å². The number of rotatable bonds is 4. The first-order valence-electron chi connectivity index (χ1n) is 7.50. The summed E-state index contributed by atoms with van der Waals surface area (Å²) in [4.78, 5) is 13.0. The second-order valence-corrected chi connectivity index (χ2v) is 5.79. The van der Waals surface area contributed by atoms with Crippen LogP contribution in [0.1, 0.15) is 21.5 Å². The van der Waals surface area contributed by atoms with Crippen molar-refractivity contribution in [1.29, 1.82) is 0 Å². The molecule has 0 saturated heterocycles. The first-order chi connectivity index (χ1) is 11.6. The fourth-order valence-electron chi connectivity index (χ4n) is 2.39. The van der Waals surface area contributed by atoms with Crippen LogP contribution in [0.5, 0.6) is 5.75 Å². The normalized spacial score (nSPS) is 11.3. The molecule has 24 heavy (non-hydrogen) atoms. The van der Waals surface area contributed by atoms with Gasteiger partial charge >= 0.3 is 0 Å². The van der Waals surface area contributed by atoms with Gasteiger partial charge in [-0.1, -0.05) is 54.1 Å². The van der Waals surface area contributed by atoms with Crippen molar-refractivity contribution in [3.05, 3.63) is 101 Å². The summed E-state index contributed by atoms with van der Waals surface area (Å²) in [5.41, 5.74) is 2.82. The largest absolute Gasteiger partial charge is 0.508 e. The van der Waals surface area contributed by atoms with E-state index in [2.05, 4.69) is 0 Å². The van der Waals surface area contributed by atoms with E-state index in [1.54, 1.807) is 24.3 Å². The zero-order chi connectivity index (χ0) is 16.9. The van der Waals surface area contributed by atoms with Crippen LogP contribution >= 0.6 is 11.6 Å². The van der Waals surface area contributed by atoms with Crippen LogP contribution < -0.4 is 0 Å². The van der Waals surface area contributed by atoms with Crippen LogP contribution in [0, 0.1) is 0 Å². The predicted molar refractivity (Wildman–Crippen MR) is 98.2 cm³/mol. The molecule has 0 saturated carbocycles. The molecule has 0 aliphatic rings. The number of hydrogen-bond acceptors (Lipinski definition) is 2. The van der Waals surface area contributed by atoms with Gasteiger partial charge in [-0.25, -0.2) is 0 Å². The van der Waals surface area contributed by atoms with Crippen LogP contribution in [0.4, 0.5) is 0 Å². The molecule has 2 nitrogen and oxygen atoms in total. The van der Waals surface area contributed by atoms with Gasteiger partial charge in [0, 0.05) is 16.2 Å². The van der Waals surface area contributed by atoms with Crippen molar-refractivity contribution in [3.63, 3.8) is 0 Å². The van der Waals surface area contributed by atoms with Crippen molar-refractivity contribution in [1.82, 2.24) is 0 Å². The molecule has 0 aliphatic heterocycles. The van der Waals surface area contributed by atoms with Crippen molar-refractivity contribution < 1.29 is 9.90 Å². The van der Waals surface area contributed by atoms with Gasteiger partial charge in [0.2, 0.25) is 0 Å². The number of hydrogen-bond donors (Lipinski definition) is 1. The van der Waals surface area contributed by atoms with Gasteiger partial charge in [0.25, 0.3) is 0 Å². The van der Waals surface area contributed by atoms with E-state index in [9.17, 15) is 9.90 Å². The molecular weight excluding hydrogens is 320 g/mol. The Hall–Kier alpha value is -2.84. The maximum Gasteiger partial charge on any atom is 0.193 e. The number of halogens is 1. The van der Waals surface area contributed by atoms with E-state index in [4.69, 9.17) is 11.6 Å². The summed E-state index contributed by atoms with van der Waals surface area (Å²) in [6.07, 6.45) is 1.86. The van der Waals surface area contributed by atoms with Crippen molar-refractivity contribution in [2.75, 3.05) is 0 Å². The summed E-state index contributed by atoms with van der Waals surface area (Å²) < 4.78 is 0. The minimum absolute atomic E-state index is 0.110. The van der Waals surface area contributed by atoms with Gasteiger partial charge in [-0.05, 0) is 53.6 Å². The second kappa shape index (κ2) is 7.16. The molecule has 0 bridgehead atoms. The Bertz CT molecular complexity index is 864. The lowest BCUT2D eigenvalue weighted by atomic mass is 9.95. The molecule has 3 aromatic rings. The number of aromatic hydroxyl groups is 1. The highest BCUT2D eigenvalue weighted by atomic mass is 35.5. The molecule has 0 amide bonds. The molecule has 3 rings (SSSR count). The average molecular weight is 335 g/mol. The maximum atomic E-state index is 13.0. The average Bonchev–Trinajstić information content (AvgIpc) is 2.62. The standard InChI is InChI=1S/C21H15ClO2/c22-18-10-6-16(7-11-18)20(14-15-4-2-1-3-5-15)21(24)17-8-12-19(23)13-9-17/h1-14,23H/b20-14+. The number of allylic oxidation sites excluding steroid dienone is 1. The molecule has 0 fully saturated rings. The zero-order valence-corrected chi connectivity index (χ0v) is 13.6. The lowest BCUT2D eigenvalue weighted by Crippen LogP contribution is -2.02. The third-order valence-corrected chi connectivity index (χ3v) is 3.89. The van der Waals surface area contributed by atoms with Crippen LogP contribution in [0.2, 0.25) is 5.02 Å². The molecule has 0 atom stereocenters. The minimum Gasteiger partial charge on any atom is -0.508 e. The highest BCUT2D eigenvalue weighted by Gasteiger charge is 2.14. The second-order valence-electron chi connectivity index (χ2n) is 5.35. The number of phenols is 1. The molecule has 0 aliphatic carbocycles. The number of ketones is 1. The van der Waals surface area contributed by atoms with Gasteiger partial charge in [0.05, 0.1) is 0 Å². The fourth-order valence-corrected chi connectivity index (χ4v) is 2.52. The molecule has 118 valence electrons. The van der Waals surface area contributed by atoms with Gasteiger partial charge in [-0.3, -0.25) is 4.79 Å². The SMILES string of the molecule is O=C(/C(=C/c1ccccc1)c1ccc(Cl)cc1)c1ccc(O)cc1. The molecule has 0 aromatic heterocycles. The molecule has 0 unspecified atom stereocenters. The van der Waals surface area contributed by atoms with E-state index in [0.717, 1.165) is 11.1 Å². The molecule has 0 spiro atoms. The molecule has 0 heterocycles. The van der Waals surface area contributed by atoms with Gasteiger partial charge in [-0.15, -0.1) is 0 Å². The molecular formula is C21H15ClO2. The smallest absolute Gasteiger partial charge is 0.193 e. The third-order valence-electron chi connectivity index (χ3n) is 3.64. The number of phenolic OH excluding ortho intramolecular Hbond substituents is 1. The molecule has 3 aromatic carbocycles. The Morgan fingerprint density at radius 2 is 1.38 bits per heavy atom. The minimum atomic E-state index is -0.110. The molecule has 1 N–H and O–H groups in total. The van der Waals surface area contributed by atoms with Gasteiger partial charge in [0.15, 0.2) is 5.78 Å². The topological polar surface area (TPSA) is 37.3 Å². The Kier molecular flexibility index (Phi) is 4.78. The first kappa shape index (κ1) is 16.0. The zero-order valence-electron chi connectivity index (χ0n) is 12.8. The van der Waals surface area contributed by atoms with Crippen LogP contribution in [-0.2, 0) is 0 Å². The van der Waals surface area contributed by atoms with Crippen molar-refractivity contribution in [2.24, 2.45) is 0 Å². The summed E-state index contributed by atoms with van der Waals surface area (Å²) in [5, 5.41) is 10.0. The van der Waals surface area contributed by atoms with Crippen molar-refractivity contribution >= 4 is 29.0 Å². The fraction of sp³-hybridized carbons (Fsp3) is 0. The Balaban J connectivity index is 2.07. The highest BCUT2D eigenvalue weighted by molar-refractivity contribution is 6.33. The summed E-state index contributed by atoms with van der Waals surface area (Å²) in [6, 6.07) is 23.1. The van der Waals surface area contributed by atoms with Crippen LogP contribution in [0.15, 0.2) is 78.9 Å². The van der Waals surface area contributed by atoms with Crippen LogP contribution in [0.25, 0.3) is 11.6 Å². The summed E-state index contributed by atoms with van der Waals surface area (Å²) in [6.45, 7) is 0. The van der Waals surface area contributed by atoms with E-state index in [1.165, 1.54) is 12.1 Å². The first-order valence-corrected chi connectivity index (χ1v) is 7.88. The lowest BCUT2D eigenvalue weighted by Gasteiger charge is -2.08. The lowest BCUT2D eigenvalue weighted by molar-refractivity contribution is 0.105. The monoisotopic (exact) mass is 334 g/mol. The third kappa shape index (κ3) is 3.73. The number of benzene rings is 3. The highest BCUT2D eigenvalue weighted by Crippen LogP contribution is 2.25. The van der Waals surface area contributed by atoms with Gasteiger partial charge < -0.3 is 5.11 Å². The summed E-state index contributed by atoms with van der Waals surface area (Å²) in [7, 11) is 0. The Labute approximate surface area is 145 Å². The molecule has 3 heteroatoms. The van der Waals surface area contributed by atoms with E-state index in [0.29, 0.717) is 16.2 Å². The summed E-state index contributed by atoms with van der Waals surface area (Å²) in [5.74, 6) is 0.0211. The maximum absolute atomic E-state index is 13.0. The van der Waals surface area contributed by atoms with Gasteiger partial charge in [-0.2, -0.15) is 0 Å². The Morgan fingerprint density at radius 1 is 0.792 bits per heavy atom. The van der Waals surface area contributed by atoms with Gasteiger partial charge in [0.1, 0.15) is 5.75 Å². The van der Waals surface area contributed by atoms with E-state index in [-0.39, 0.29) is 11.5 Å². The van der Waals surface area contributed by atoms with Crippen LogP contribution in [-0.4, -0.2) is 10.9 Å². The van der Waals surface area contributed by atoms with E-state index in [1.807, 2.05) is 48.5 Å².